The molecule has 144 valence electrons. The Balaban J connectivity index is 2.12. The highest BCUT2D eigenvalue weighted by molar-refractivity contribution is 7.93. The zero-order valence-corrected chi connectivity index (χ0v) is 17.1. The highest BCUT2D eigenvalue weighted by atomic mass is 35.5. The molecule has 0 aliphatic carbocycles. The molecule has 6 heteroatoms. The Labute approximate surface area is 170 Å². The van der Waals surface area contributed by atoms with Crippen LogP contribution in [0.25, 0.3) is 5.03 Å². The fourth-order valence-electron chi connectivity index (χ4n) is 2.61. The largest absolute Gasteiger partial charge is 0.497 e. The summed E-state index contributed by atoms with van der Waals surface area (Å²) >= 11 is 6.46. The highest BCUT2D eigenvalue weighted by Crippen LogP contribution is 2.29. The summed E-state index contributed by atoms with van der Waals surface area (Å²) < 4.78 is 33.1. The molecule has 3 aromatic rings. The molecule has 3 rings (SSSR count). The number of ether oxygens (including phenoxy) is 1. The van der Waals surface area contributed by atoms with E-state index in [0.717, 1.165) is 11.1 Å². The van der Waals surface area contributed by atoms with Gasteiger partial charge in [0.1, 0.15) is 5.75 Å². The molecular formula is C22H20ClNO3S. The third kappa shape index (κ3) is 4.38. The fourth-order valence-corrected chi connectivity index (χ4v) is 4.24. The van der Waals surface area contributed by atoms with Gasteiger partial charge in [-0.3, -0.25) is 0 Å². The van der Waals surface area contributed by atoms with Gasteiger partial charge in [0.15, 0.2) is 0 Å². The third-order valence-corrected chi connectivity index (χ3v) is 6.20. The van der Waals surface area contributed by atoms with Gasteiger partial charge in [0.25, 0.3) is 10.0 Å². The zero-order chi connectivity index (χ0) is 20.1. The number of halogens is 1. The number of sulfonamides is 1. The van der Waals surface area contributed by atoms with Crippen LogP contribution in [-0.4, -0.2) is 15.5 Å². The van der Waals surface area contributed by atoms with Crippen LogP contribution in [0.15, 0.2) is 90.0 Å². The lowest BCUT2D eigenvalue weighted by Gasteiger charge is -2.22. The van der Waals surface area contributed by atoms with Gasteiger partial charge in [0.05, 0.1) is 22.7 Å². The van der Waals surface area contributed by atoms with Gasteiger partial charge in [0, 0.05) is 6.20 Å². The zero-order valence-electron chi connectivity index (χ0n) is 15.5. The van der Waals surface area contributed by atoms with Crippen molar-refractivity contribution >= 4 is 32.3 Å². The average Bonchev–Trinajstić information content (AvgIpc) is 2.73. The van der Waals surface area contributed by atoms with Gasteiger partial charge in [-0.1, -0.05) is 59.6 Å². The normalized spacial score (nSPS) is 11.9. The molecule has 0 saturated heterocycles. The number of aryl methyl sites for hydroxylation is 1. The molecule has 0 saturated carbocycles. The van der Waals surface area contributed by atoms with Crippen molar-refractivity contribution < 1.29 is 13.2 Å². The minimum Gasteiger partial charge on any atom is -0.497 e. The number of benzene rings is 3. The molecule has 0 heterocycles. The van der Waals surface area contributed by atoms with Crippen LogP contribution >= 0.6 is 11.6 Å². The lowest BCUT2D eigenvalue weighted by molar-refractivity contribution is 0.415. The van der Waals surface area contributed by atoms with Crippen molar-refractivity contribution in [2.45, 2.75) is 11.8 Å². The summed E-state index contributed by atoms with van der Waals surface area (Å²) in [6, 6.07) is 22.7. The average molecular weight is 414 g/mol. The summed E-state index contributed by atoms with van der Waals surface area (Å²) in [4.78, 5) is 0.183. The molecule has 0 aliphatic rings. The molecule has 0 radical (unpaired) electrons. The minimum absolute atomic E-state index is 0.183. The van der Waals surface area contributed by atoms with E-state index < -0.39 is 10.0 Å². The van der Waals surface area contributed by atoms with E-state index in [9.17, 15) is 8.42 Å². The predicted octanol–water partition coefficient (Wildman–Crippen LogP) is 5.44. The van der Waals surface area contributed by atoms with Crippen molar-refractivity contribution in [2.75, 3.05) is 11.4 Å². The third-order valence-electron chi connectivity index (χ3n) is 4.18. The van der Waals surface area contributed by atoms with Crippen molar-refractivity contribution in [2.24, 2.45) is 0 Å². The summed E-state index contributed by atoms with van der Waals surface area (Å²) in [5.74, 6) is 0.634. The Morgan fingerprint density at radius 3 is 2.11 bits per heavy atom. The molecule has 0 amide bonds. The SMILES string of the molecule is COc1ccc(N(/C=C(\Cl)c2ccccc2)S(=O)(=O)c2ccc(C)cc2)cc1. The smallest absolute Gasteiger partial charge is 0.268 e. The molecular weight excluding hydrogens is 394 g/mol. The second-order valence-electron chi connectivity index (χ2n) is 6.16. The molecule has 0 aromatic heterocycles. The molecule has 0 bridgehead atoms. The van der Waals surface area contributed by atoms with Crippen molar-refractivity contribution in [3.05, 3.63) is 96.2 Å². The van der Waals surface area contributed by atoms with Crippen molar-refractivity contribution in [3.63, 3.8) is 0 Å². The predicted molar refractivity (Wildman–Crippen MR) is 114 cm³/mol. The van der Waals surface area contributed by atoms with Crippen molar-refractivity contribution in [1.82, 2.24) is 0 Å². The maximum atomic E-state index is 13.4. The summed E-state index contributed by atoms with van der Waals surface area (Å²) in [6.45, 7) is 1.91. The van der Waals surface area contributed by atoms with Crippen LogP contribution in [0.4, 0.5) is 5.69 Å². The highest BCUT2D eigenvalue weighted by Gasteiger charge is 2.24. The molecule has 3 aromatic carbocycles. The summed E-state index contributed by atoms with van der Waals surface area (Å²) in [7, 11) is -2.30. The number of hydrogen-bond donors (Lipinski definition) is 0. The van der Waals surface area contributed by atoms with Crippen molar-refractivity contribution in [1.29, 1.82) is 0 Å². The molecule has 0 atom stereocenters. The quantitative estimate of drug-likeness (QED) is 0.540. The monoisotopic (exact) mass is 413 g/mol. The standard InChI is InChI=1S/C22H20ClNO3S/c1-17-8-14-21(15-9-17)28(25,26)24(19-10-12-20(27-2)13-11-19)16-22(23)18-6-4-3-5-7-18/h3-16H,1-2H3/b22-16-. The lowest BCUT2D eigenvalue weighted by Crippen LogP contribution is -2.26. The topological polar surface area (TPSA) is 46.6 Å². The molecule has 0 spiro atoms. The molecule has 28 heavy (non-hydrogen) atoms. The number of methoxy groups -OCH3 is 1. The van der Waals surface area contributed by atoms with Crippen LogP contribution in [-0.2, 0) is 10.0 Å². The number of anilines is 1. The Morgan fingerprint density at radius 2 is 1.54 bits per heavy atom. The Bertz CT molecular complexity index is 1060. The summed E-state index contributed by atoms with van der Waals surface area (Å²) in [6.07, 6.45) is 1.42. The number of rotatable bonds is 6. The van der Waals surface area contributed by atoms with Crippen LogP contribution in [0.5, 0.6) is 5.75 Å². The van der Waals surface area contributed by atoms with Crippen LogP contribution in [0.1, 0.15) is 11.1 Å². The van der Waals surface area contributed by atoms with Gasteiger partial charge >= 0.3 is 0 Å². The van der Waals surface area contributed by atoms with Gasteiger partial charge in [-0.25, -0.2) is 12.7 Å². The molecule has 0 fully saturated rings. The van der Waals surface area contributed by atoms with E-state index in [1.54, 1.807) is 55.6 Å². The van der Waals surface area contributed by atoms with Gasteiger partial charge in [-0.15, -0.1) is 0 Å². The second-order valence-corrected chi connectivity index (χ2v) is 8.38. The van der Waals surface area contributed by atoms with Crippen LogP contribution < -0.4 is 9.04 Å². The Kier molecular flexibility index (Phi) is 6.07. The first-order valence-electron chi connectivity index (χ1n) is 8.60. The number of hydrogen-bond acceptors (Lipinski definition) is 3. The van der Waals surface area contributed by atoms with Crippen LogP contribution in [0, 0.1) is 6.92 Å². The first-order valence-corrected chi connectivity index (χ1v) is 10.4. The Morgan fingerprint density at radius 1 is 0.929 bits per heavy atom. The first-order chi connectivity index (χ1) is 13.4. The van der Waals surface area contributed by atoms with E-state index in [1.807, 2.05) is 37.3 Å². The van der Waals surface area contributed by atoms with Crippen LogP contribution in [0.2, 0.25) is 0 Å². The van der Waals surface area contributed by atoms with E-state index in [0.29, 0.717) is 16.5 Å². The van der Waals surface area contributed by atoms with Gasteiger partial charge in [-0.05, 0) is 48.9 Å². The molecule has 0 unspecified atom stereocenters. The minimum atomic E-state index is -3.86. The second kappa shape index (κ2) is 8.50. The molecule has 0 N–H and O–H groups in total. The van der Waals surface area contributed by atoms with E-state index in [2.05, 4.69) is 0 Å². The molecule has 4 nitrogen and oxygen atoms in total. The van der Waals surface area contributed by atoms with E-state index in [-0.39, 0.29) is 4.90 Å². The van der Waals surface area contributed by atoms with E-state index in [1.165, 1.54) is 10.5 Å². The Hall–Kier alpha value is -2.76. The maximum Gasteiger partial charge on any atom is 0.268 e. The summed E-state index contributed by atoms with van der Waals surface area (Å²) in [5.41, 5.74) is 2.16. The van der Waals surface area contributed by atoms with Crippen LogP contribution in [0.3, 0.4) is 0 Å². The van der Waals surface area contributed by atoms with E-state index in [4.69, 9.17) is 16.3 Å². The van der Waals surface area contributed by atoms with E-state index >= 15 is 0 Å². The molecule has 0 aliphatic heterocycles. The maximum absolute atomic E-state index is 13.4. The number of nitrogens with zero attached hydrogens (tertiary/aromatic N) is 1. The summed E-state index contributed by atoms with van der Waals surface area (Å²) in [5, 5.41) is 0.312. The van der Waals surface area contributed by atoms with Crippen molar-refractivity contribution in [3.8, 4) is 5.75 Å². The lowest BCUT2D eigenvalue weighted by atomic mass is 10.2. The van der Waals surface area contributed by atoms with Gasteiger partial charge in [-0.2, -0.15) is 0 Å². The van der Waals surface area contributed by atoms with Gasteiger partial charge in [0.2, 0.25) is 0 Å². The van der Waals surface area contributed by atoms with Gasteiger partial charge < -0.3 is 4.74 Å². The fraction of sp³-hybridized carbons (Fsp3) is 0.0909. The first kappa shape index (κ1) is 20.0.